The van der Waals surface area contributed by atoms with Gasteiger partial charge < -0.3 is 9.90 Å². The second kappa shape index (κ2) is 5.75. The Kier molecular flexibility index (Phi) is 5.34. The maximum Gasteiger partial charge on any atom is 0.303 e. The smallest absolute Gasteiger partial charge is 0.303 e. The zero-order valence-electron chi connectivity index (χ0n) is 7.62. The van der Waals surface area contributed by atoms with Crippen molar-refractivity contribution in [3.63, 3.8) is 0 Å². The fourth-order valence-corrected chi connectivity index (χ4v) is 1.08. The van der Waals surface area contributed by atoms with Crippen LogP contribution in [0.2, 0.25) is 0 Å². The van der Waals surface area contributed by atoms with Crippen LogP contribution in [-0.2, 0) is 9.59 Å². The summed E-state index contributed by atoms with van der Waals surface area (Å²) in [5.41, 5.74) is 0. The lowest BCUT2D eigenvalue weighted by atomic mass is 9.89. The second-order valence-corrected chi connectivity index (χ2v) is 3.12. The summed E-state index contributed by atoms with van der Waals surface area (Å²) >= 11 is 0. The van der Waals surface area contributed by atoms with E-state index in [0.717, 1.165) is 12.7 Å². The standard InChI is InChI=1S/C9H16O3/c1-3-7(2)8(6-10)4-5-9(11)12/h6-8H,3-5H2,1-2H3,(H,11,12). The van der Waals surface area contributed by atoms with Crippen LogP contribution in [0.3, 0.4) is 0 Å². The van der Waals surface area contributed by atoms with Gasteiger partial charge in [-0.2, -0.15) is 0 Å². The number of carboxylic acids is 1. The first kappa shape index (κ1) is 11.1. The second-order valence-electron chi connectivity index (χ2n) is 3.12. The molecule has 12 heavy (non-hydrogen) atoms. The molecule has 0 radical (unpaired) electrons. The molecule has 1 N–H and O–H groups in total. The lowest BCUT2D eigenvalue weighted by Gasteiger charge is -2.15. The molecule has 0 heterocycles. The highest BCUT2D eigenvalue weighted by Gasteiger charge is 2.15. The largest absolute Gasteiger partial charge is 0.481 e. The molecule has 0 rings (SSSR count). The molecule has 3 heteroatoms. The first-order chi connectivity index (χ1) is 5.61. The van der Waals surface area contributed by atoms with Crippen LogP contribution in [0.15, 0.2) is 0 Å². The Morgan fingerprint density at radius 3 is 2.50 bits per heavy atom. The maximum absolute atomic E-state index is 10.5. The summed E-state index contributed by atoms with van der Waals surface area (Å²) in [4.78, 5) is 20.7. The first-order valence-corrected chi connectivity index (χ1v) is 4.28. The van der Waals surface area contributed by atoms with Crippen LogP contribution in [0.5, 0.6) is 0 Å². The number of rotatable bonds is 6. The Labute approximate surface area is 72.8 Å². The number of carboxylic acid groups (broad SMARTS) is 1. The molecule has 2 atom stereocenters. The van der Waals surface area contributed by atoms with Crippen LogP contribution in [0, 0.1) is 11.8 Å². The van der Waals surface area contributed by atoms with Gasteiger partial charge in [0.2, 0.25) is 0 Å². The number of aldehydes is 1. The van der Waals surface area contributed by atoms with Gasteiger partial charge in [-0.05, 0) is 12.3 Å². The van der Waals surface area contributed by atoms with Gasteiger partial charge in [-0.15, -0.1) is 0 Å². The SMILES string of the molecule is CCC(C)C(C=O)CCC(=O)O. The van der Waals surface area contributed by atoms with Gasteiger partial charge in [0.15, 0.2) is 0 Å². The average Bonchev–Trinajstić information content (AvgIpc) is 2.04. The Morgan fingerprint density at radius 1 is 1.58 bits per heavy atom. The first-order valence-electron chi connectivity index (χ1n) is 4.28. The van der Waals surface area contributed by atoms with Crippen LogP contribution in [0.1, 0.15) is 33.1 Å². The molecule has 2 unspecified atom stereocenters. The molecule has 0 fully saturated rings. The van der Waals surface area contributed by atoms with Gasteiger partial charge in [-0.1, -0.05) is 20.3 Å². The third kappa shape index (κ3) is 4.11. The minimum absolute atomic E-state index is 0.0910. The molecule has 3 nitrogen and oxygen atoms in total. The molecule has 0 aromatic carbocycles. The fourth-order valence-electron chi connectivity index (χ4n) is 1.08. The monoisotopic (exact) mass is 172 g/mol. The van der Waals surface area contributed by atoms with Gasteiger partial charge in [0.25, 0.3) is 0 Å². The highest BCUT2D eigenvalue weighted by atomic mass is 16.4. The van der Waals surface area contributed by atoms with Gasteiger partial charge >= 0.3 is 5.97 Å². The summed E-state index contributed by atoms with van der Waals surface area (Å²) in [5.74, 6) is -0.627. The molecule has 0 saturated carbocycles. The van der Waals surface area contributed by atoms with Crippen molar-refractivity contribution < 1.29 is 14.7 Å². The molecular formula is C9H16O3. The van der Waals surface area contributed by atoms with Gasteiger partial charge in [-0.3, -0.25) is 4.79 Å². The van der Waals surface area contributed by atoms with Crippen molar-refractivity contribution in [2.45, 2.75) is 33.1 Å². The summed E-state index contributed by atoms with van der Waals surface area (Å²) in [7, 11) is 0. The van der Waals surface area contributed by atoms with E-state index in [1.807, 2.05) is 13.8 Å². The Hall–Kier alpha value is -0.860. The quantitative estimate of drug-likeness (QED) is 0.620. The molecule has 0 bridgehead atoms. The number of carbonyl (C=O) groups is 2. The van der Waals surface area contributed by atoms with Crippen molar-refractivity contribution in [1.29, 1.82) is 0 Å². The molecule has 0 saturated heterocycles. The van der Waals surface area contributed by atoms with Gasteiger partial charge in [0.1, 0.15) is 6.29 Å². The minimum Gasteiger partial charge on any atom is -0.481 e. The van der Waals surface area contributed by atoms with Crippen molar-refractivity contribution in [3.05, 3.63) is 0 Å². The van der Waals surface area contributed by atoms with Gasteiger partial charge in [-0.25, -0.2) is 0 Å². The normalized spacial score (nSPS) is 15.2. The lowest BCUT2D eigenvalue weighted by molar-refractivity contribution is -0.137. The van der Waals surface area contributed by atoms with Crippen molar-refractivity contribution in [2.75, 3.05) is 0 Å². The molecule has 70 valence electrons. The molecule has 0 aliphatic rings. The Balaban J connectivity index is 3.82. The van der Waals surface area contributed by atoms with Crippen molar-refractivity contribution in [3.8, 4) is 0 Å². The van der Waals surface area contributed by atoms with E-state index in [0.29, 0.717) is 12.3 Å². The summed E-state index contributed by atoms with van der Waals surface area (Å²) in [6.07, 6.45) is 2.35. The Morgan fingerprint density at radius 2 is 2.17 bits per heavy atom. The lowest BCUT2D eigenvalue weighted by Crippen LogP contribution is -2.14. The summed E-state index contributed by atoms with van der Waals surface area (Å²) in [5, 5.41) is 8.40. The third-order valence-corrected chi connectivity index (χ3v) is 2.24. The van der Waals surface area contributed by atoms with E-state index in [1.165, 1.54) is 0 Å². The summed E-state index contributed by atoms with van der Waals surface area (Å²) < 4.78 is 0. The molecule has 0 aromatic rings. The number of aliphatic carboxylic acids is 1. The van der Waals surface area contributed by atoms with Crippen molar-refractivity contribution in [1.82, 2.24) is 0 Å². The van der Waals surface area contributed by atoms with Crippen LogP contribution >= 0.6 is 0 Å². The van der Waals surface area contributed by atoms with Crippen LogP contribution in [0.4, 0.5) is 0 Å². The van der Waals surface area contributed by atoms with Crippen LogP contribution < -0.4 is 0 Å². The topological polar surface area (TPSA) is 54.4 Å². The zero-order valence-corrected chi connectivity index (χ0v) is 7.62. The molecule has 0 spiro atoms. The number of hydrogen-bond donors (Lipinski definition) is 1. The van der Waals surface area contributed by atoms with E-state index in [1.54, 1.807) is 0 Å². The molecule has 0 aromatic heterocycles. The zero-order chi connectivity index (χ0) is 9.56. The van der Waals surface area contributed by atoms with E-state index >= 15 is 0 Å². The summed E-state index contributed by atoms with van der Waals surface area (Å²) in [6, 6.07) is 0. The minimum atomic E-state index is -0.829. The molecule has 0 amide bonds. The fraction of sp³-hybridized carbons (Fsp3) is 0.778. The average molecular weight is 172 g/mol. The van der Waals surface area contributed by atoms with Crippen molar-refractivity contribution in [2.24, 2.45) is 11.8 Å². The van der Waals surface area contributed by atoms with E-state index in [-0.39, 0.29) is 12.3 Å². The summed E-state index contributed by atoms with van der Waals surface area (Å²) in [6.45, 7) is 3.98. The third-order valence-electron chi connectivity index (χ3n) is 2.24. The maximum atomic E-state index is 10.5. The predicted octanol–water partition coefficient (Wildman–Crippen LogP) is 1.71. The molecular weight excluding hydrogens is 156 g/mol. The Bertz CT molecular complexity index is 154. The van der Waals surface area contributed by atoms with Gasteiger partial charge in [0, 0.05) is 12.3 Å². The van der Waals surface area contributed by atoms with E-state index in [9.17, 15) is 9.59 Å². The van der Waals surface area contributed by atoms with E-state index < -0.39 is 5.97 Å². The predicted molar refractivity (Wildman–Crippen MR) is 45.9 cm³/mol. The van der Waals surface area contributed by atoms with Crippen LogP contribution in [0.25, 0.3) is 0 Å². The van der Waals surface area contributed by atoms with Gasteiger partial charge in [0.05, 0.1) is 0 Å². The highest BCUT2D eigenvalue weighted by molar-refractivity contribution is 5.67. The van der Waals surface area contributed by atoms with Crippen molar-refractivity contribution >= 4 is 12.3 Å². The van der Waals surface area contributed by atoms with E-state index in [2.05, 4.69) is 0 Å². The highest BCUT2D eigenvalue weighted by Crippen LogP contribution is 2.17. The number of carbonyl (C=O) groups excluding carboxylic acids is 1. The number of hydrogen-bond acceptors (Lipinski definition) is 2. The molecule has 0 aliphatic carbocycles. The molecule has 0 aliphatic heterocycles. The van der Waals surface area contributed by atoms with E-state index in [4.69, 9.17) is 5.11 Å². The van der Waals surface area contributed by atoms with Crippen LogP contribution in [-0.4, -0.2) is 17.4 Å².